The van der Waals surface area contributed by atoms with E-state index in [0.29, 0.717) is 18.3 Å². The first kappa shape index (κ1) is 26.3. The summed E-state index contributed by atoms with van der Waals surface area (Å²) < 4.78 is 0. The van der Waals surface area contributed by atoms with Gasteiger partial charge in [0.15, 0.2) is 0 Å². The molecule has 0 rings (SSSR count). The predicted octanol–water partition coefficient (Wildman–Crippen LogP) is 0.759. The number of hydrogen-bond donors (Lipinski definition) is 5. The number of carbonyl (C=O) groups excluding carboxylic acids is 1. The molecule has 0 aliphatic heterocycles. The fourth-order valence-electron chi connectivity index (χ4n) is 2.94. The summed E-state index contributed by atoms with van der Waals surface area (Å²) in [6, 6.07) is 0. The lowest BCUT2D eigenvalue weighted by atomic mass is 9.91. The van der Waals surface area contributed by atoms with E-state index in [4.69, 9.17) is 5.11 Å². The third-order valence-electron chi connectivity index (χ3n) is 5.12. The lowest BCUT2D eigenvalue weighted by Gasteiger charge is -2.29. The molecule has 0 bridgehead atoms. The lowest BCUT2D eigenvalue weighted by Crippen LogP contribution is -2.50. The Morgan fingerprint density at radius 2 is 1.30 bits per heavy atom. The van der Waals surface area contributed by atoms with Crippen LogP contribution in [0.1, 0.15) is 59.8 Å². The molecule has 0 heterocycles. The molecule has 1 amide bonds. The van der Waals surface area contributed by atoms with Gasteiger partial charge in [-0.3, -0.25) is 4.79 Å². The van der Waals surface area contributed by atoms with E-state index in [2.05, 4.69) is 20.8 Å². The molecule has 6 unspecified atom stereocenters. The summed E-state index contributed by atoms with van der Waals surface area (Å²) in [5, 5.41) is 47.5. The van der Waals surface area contributed by atoms with Gasteiger partial charge in [0, 0.05) is 20.0 Å². The number of amides is 1. The average Bonchev–Trinajstić information content (AvgIpc) is 2.62. The first-order valence-electron chi connectivity index (χ1n) is 10.1. The van der Waals surface area contributed by atoms with Gasteiger partial charge in [0.1, 0.15) is 24.4 Å². The Balaban J connectivity index is 4.29. The van der Waals surface area contributed by atoms with Crippen LogP contribution in [-0.4, -0.2) is 81.0 Å². The van der Waals surface area contributed by atoms with E-state index >= 15 is 0 Å². The SMILES string of the molecule is CC(C)CCC(C)CCC(C)CC(=O)N(C)CC(O)C(O)C(O)C(O)CO. The summed E-state index contributed by atoms with van der Waals surface area (Å²) in [6.45, 7) is 7.83. The van der Waals surface area contributed by atoms with E-state index in [-0.39, 0.29) is 18.4 Å². The zero-order chi connectivity index (χ0) is 21.1. The Morgan fingerprint density at radius 1 is 0.815 bits per heavy atom. The minimum atomic E-state index is -1.68. The highest BCUT2D eigenvalue weighted by Crippen LogP contribution is 2.21. The van der Waals surface area contributed by atoms with Crippen molar-refractivity contribution < 1.29 is 30.3 Å². The molecular formula is C20H41NO6. The second kappa shape index (κ2) is 13.4. The van der Waals surface area contributed by atoms with Crippen LogP contribution in [0.25, 0.3) is 0 Å². The lowest BCUT2D eigenvalue weighted by molar-refractivity contribution is -0.138. The van der Waals surface area contributed by atoms with Crippen LogP contribution in [0.5, 0.6) is 0 Å². The molecule has 0 radical (unpaired) electrons. The molecule has 0 aromatic heterocycles. The van der Waals surface area contributed by atoms with Gasteiger partial charge in [0.05, 0.1) is 6.61 Å². The van der Waals surface area contributed by atoms with Gasteiger partial charge in [-0.05, 0) is 24.2 Å². The minimum absolute atomic E-state index is 0.138. The van der Waals surface area contributed by atoms with Gasteiger partial charge in [-0.25, -0.2) is 0 Å². The topological polar surface area (TPSA) is 121 Å². The Kier molecular flexibility index (Phi) is 13.1. The van der Waals surface area contributed by atoms with Gasteiger partial charge >= 0.3 is 0 Å². The molecule has 0 fully saturated rings. The molecular weight excluding hydrogens is 350 g/mol. The zero-order valence-corrected chi connectivity index (χ0v) is 17.6. The van der Waals surface area contributed by atoms with Gasteiger partial charge in [0.2, 0.25) is 5.91 Å². The van der Waals surface area contributed by atoms with Crippen LogP contribution in [0.3, 0.4) is 0 Å². The van der Waals surface area contributed by atoms with E-state index in [9.17, 15) is 25.2 Å². The summed E-state index contributed by atoms with van der Waals surface area (Å²) in [7, 11) is 1.53. The maximum absolute atomic E-state index is 12.3. The quantitative estimate of drug-likeness (QED) is 0.298. The normalized spacial score (nSPS) is 18.6. The number of likely N-dealkylation sites (N-methyl/N-ethyl adjacent to an activating group) is 1. The van der Waals surface area contributed by atoms with Crippen molar-refractivity contribution >= 4 is 5.91 Å². The molecule has 0 aromatic carbocycles. The van der Waals surface area contributed by atoms with Gasteiger partial charge < -0.3 is 30.4 Å². The van der Waals surface area contributed by atoms with Gasteiger partial charge in [-0.2, -0.15) is 0 Å². The van der Waals surface area contributed by atoms with Crippen molar-refractivity contribution in [1.29, 1.82) is 0 Å². The van der Waals surface area contributed by atoms with Crippen LogP contribution in [0.2, 0.25) is 0 Å². The summed E-state index contributed by atoms with van der Waals surface area (Å²) in [6.07, 6.45) is -1.48. The van der Waals surface area contributed by atoms with E-state index in [1.807, 2.05) is 6.92 Å². The largest absolute Gasteiger partial charge is 0.394 e. The molecule has 7 heteroatoms. The van der Waals surface area contributed by atoms with Crippen molar-refractivity contribution in [3.05, 3.63) is 0 Å². The second-order valence-electron chi connectivity index (χ2n) is 8.54. The molecule has 0 aliphatic rings. The minimum Gasteiger partial charge on any atom is -0.394 e. The van der Waals surface area contributed by atoms with E-state index in [1.54, 1.807) is 0 Å². The number of rotatable bonds is 14. The summed E-state index contributed by atoms with van der Waals surface area (Å²) in [5.41, 5.74) is 0. The standard InChI is InChI=1S/C20H41NO6/c1-13(2)6-7-14(3)8-9-15(4)10-18(25)21(5)11-16(23)19(26)20(27)17(24)12-22/h13-17,19-20,22-24,26-27H,6-12H2,1-5H3. The Labute approximate surface area is 164 Å². The molecule has 0 spiro atoms. The number of aliphatic hydroxyl groups is 5. The van der Waals surface area contributed by atoms with Crippen molar-refractivity contribution in [2.24, 2.45) is 17.8 Å². The van der Waals surface area contributed by atoms with Crippen molar-refractivity contribution in [2.45, 2.75) is 84.2 Å². The monoisotopic (exact) mass is 391 g/mol. The number of carbonyl (C=O) groups is 1. The number of aliphatic hydroxyl groups excluding tert-OH is 5. The van der Waals surface area contributed by atoms with E-state index < -0.39 is 31.0 Å². The van der Waals surface area contributed by atoms with Crippen LogP contribution in [0.4, 0.5) is 0 Å². The molecule has 7 nitrogen and oxygen atoms in total. The molecule has 0 aromatic rings. The molecule has 0 aliphatic carbocycles. The van der Waals surface area contributed by atoms with Crippen LogP contribution in [0.15, 0.2) is 0 Å². The van der Waals surface area contributed by atoms with Crippen LogP contribution in [-0.2, 0) is 4.79 Å². The third-order valence-corrected chi connectivity index (χ3v) is 5.12. The van der Waals surface area contributed by atoms with E-state index in [0.717, 1.165) is 12.8 Å². The molecule has 27 heavy (non-hydrogen) atoms. The first-order valence-corrected chi connectivity index (χ1v) is 10.1. The Bertz CT molecular complexity index is 406. The van der Waals surface area contributed by atoms with Gasteiger partial charge in [0.25, 0.3) is 0 Å². The fourth-order valence-corrected chi connectivity index (χ4v) is 2.94. The fraction of sp³-hybridized carbons (Fsp3) is 0.950. The smallest absolute Gasteiger partial charge is 0.222 e. The molecule has 162 valence electrons. The van der Waals surface area contributed by atoms with Crippen molar-refractivity contribution in [2.75, 3.05) is 20.2 Å². The Morgan fingerprint density at radius 3 is 1.81 bits per heavy atom. The highest BCUT2D eigenvalue weighted by atomic mass is 16.4. The van der Waals surface area contributed by atoms with Gasteiger partial charge in [-0.15, -0.1) is 0 Å². The predicted molar refractivity (Wildman–Crippen MR) is 105 cm³/mol. The number of hydrogen-bond acceptors (Lipinski definition) is 6. The molecule has 5 N–H and O–H groups in total. The maximum atomic E-state index is 12.3. The van der Waals surface area contributed by atoms with E-state index in [1.165, 1.54) is 24.8 Å². The van der Waals surface area contributed by atoms with Crippen LogP contribution in [0, 0.1) is 17.8 Å². The average molecular weight is 392 g/mol. The van der Waals surface area contributed by atoms with Crippen LogP contribution < -0.4 is 0 Å². The number of nitrogens with zero attached hydrogens (tertiary/aromatic N) is 1. The summed E-state index contributed by atoms with van der Waals surface area (Å²) in [5.74, 6) is 1.43. The maximum Gasteiger partial charge on any atom is 0.222 e. The molecule has 6 atom stereocenters. The highest BCUT2D eigenvalue weighted by molar-refractivity contribution is 5.76. The summed E-state index contributed by atoms with van der Waals surface area (Å²) >= 11 is 0. The van der Waals surface area contributed by atoms with Gasteiger partial charge in [-0.1, -0.05) is 47.0 Å². The van der Waals surface area contributed by atoms with Crippen molar-refractivity contribution in [3.63, 3.8) is 0 Å². The molecule has 0 saturated heterocycles. The first-order chi connectivity index (χ1) is 12.5. The zero-order valence-electron chi connectivity index (χ0n) is 17.6. The Hall–Kier alpha value is -0.730. The van der Waals surface area contributed by atoms with Crippen LogP contribution >= 0.6 is 0 Å². The van der Waals surface area contributed by atoms with Crippen molar-refractivity contribution in [3.8, 4) is 0 Å². The summed E-state index contributed by atoms with van der Waals surface area (Å²) in [4.78, 5) is 13.6. The second-order valence-corrected chi connectivity index (χ2v) is 8.54. The highest BCUT2D eigenvalue weighted by Gasteiger charge is 2.31. The molecule has 0 saturated carbocycles. The van der Waals surface area contributed by atoms with Crippen molar-refractivity contribution in [1.82, 2.24) is 4.90 Å². The third kappa shape index (κ3) is 11.0.